The number of aromatic nitrogens is 2. The molecule has 1 aliphatic rings. The van der Waals surface area contributed by atoms with Crippen LogP contribution in [0.15, 0.2) is 12.4 Å². The third kappa shape index (κ3) is 3.02. The molecule has 2 atom stereocenters. The second-order valence-electron chi connectivity index (χ2n) is 6.25. The van der Waals surface area contributed by atoms with Gasteiger partial charge in [-0.15, -0.1) is 22.9 Å². The molecule has 0 bridgehead atoms. The first kappa shape index (κ1) is 15.0. The summed E-state index contributed by atoms with van der Waals surface area (Å²) in [6.45, 7) is 4.49. The van der Waals surface area contributed by atoms with Gasteiger partial charge in [-0.3, -0.25) is 0 Å². The molecule has 0 amide bonds. The number of anilines is 1. The molecule has 3 nitrogen and oxygen atoms in total. The van der Waals surface area contributed by atoms with Crippen LogP contribution in [0.3, 0.4) is 0 Å². The highest BCUT2D eigenvalue weighted by Gasteiger charge is 2.35. The van der Waals surface area contributed by atoms with E-state index in [2.05, 4.69) is 35.2 Å². The predicted octanol–water partition coefficient (Wildman–Crippen LogP) is 4.85. The van der Waals surface area contributed by atoms with Gasteiger partial charge in [0.15, 0.2) is 0 Å². The Morgan fingerprint density at radius 3 is 3.05 bits per heavy atom. The molecule has 21 heavy (non-hydrogen) atoms. The standard InChI is InChI=1S/C16H22ClN3S/c1-3-12-7-13-14(18-10-19-15(13)21-12)20-16(9-17)6-4-5-11(2)8-16/h7,10-11H,3-6,8-9H2,1-2H3,(H,18,19,20). The van der Waals surface area contributed by atoms with Gasteiger partial charge in [0.2, 0.25) is 0 Å². The summed E-state index contributed by atoms with van der Waals surface area (Å²) in [5.74, 6) is 2.30. The van der Waals surface area contributed by atoms with Crippen LogP contribution in [0, 0.1) is 5.92 Å². The molecule has 0 aromatic carbocycles. The van der Waals surface area contributed by atoms with Crippen LogP contribution in [0.2, 0.25) is 0 Å². The molecule has 2 aromatic heterocycles. The summed E-state index contributed by atoms with van der Waals surface area (Å²) in [5.41, 5.74) is -0.0190. The zero-order valence-electron chi connectivity index (χ0n) is 12.7. The van der Waals surface area contributed by atoms with Crippen molar-refractivity contribution < 1.29 is 0 Å². The van der Waals surface area contributed by atoms with Crippen molar-refractivity contribution in [2.45, 2.75) is 51.5 Å². The minimum Gasteiger partial charge on any atom is -0.363 e. The SMILES string of the molecule is CCc1cc2c(NC3(CCl)CCCC(C)C3)ncnc2s1. The molecular formula is C16H22ClN3S. The van der Waals surface area contributed by atoms with Gasteiger partial charge in [0.05, 0.1) is 10.9 Å². The molecule has 2 unspecified atom stereocenters. The Balaban J connectivity index is 1.94. The average molecular weight is 324 g/mol. The normalized spacial score (nSPS) is 26.1. The molecule has 1 aliphatic carbocycles. The van der Waals surface area contributed by atoms with E-state index in [1.165, 1.54) is 17.7 Å². The number of nitrogens with one attached hydrogen (secondary N) is 1. The molecular weight excluding hydrogens is 302 g/mol. The summed E-state index contributed by atoms with van der Waals surface area (Å²) in [7, 11) is 0. The monoisotopic (exact) mass is 323 g/mol. The average Bonchev–Trinajstić information content (AvgIpc) is 2.91. The maximum Gasteiger partial charge on any atom is 0.138 e. The maximum absolute atomic E-state index is 6.33. The number of thiophene rings is 1. The van der Waals surface area contributed by atoms with Gasteiger partial charge in [0, 0.05) is 10.8 Å². The Kier molecular flexibility index (Phi) is 4.36. The number of nitrogens with zero attached hydrogens (tertiary/aromatic N) is 2. The van der Waals surface area contributed by atoms with Crippen molar-refractivity contribution in [2.75, 3.05) is 11.2 Å². The highest BCUT2D eigenvalue weighted by molar-refractivity contribution is 7.18. The van der Waals surface area contributed by atoms with Gasteiger partial charge >= 0.3 is 0 Å². The topological polar surface area (TPSA) is 37.8 Å². The summed E-state index contributed by atoms with van der Waals surface area (Å²) >= 11 is 8.09. The molecule has 5 heteroatoms. The molecule has 1 saturated carbocycles. The van der Waals surface area contributed by atoms with Gasteiger partial charge in [-0.1, -0.05) is 26.7 Å². The van der Waals surface area contributed by atoms with Gasteiger partial charge < -0.3 is 5.32 Å². The molecule has 1 fully saturated rings. The van der Waals surface area contributed by atoms with E-state index < -0.39 is 0 Å². The summed E-state index contributed by atoms with van der Waals surface area (Å²) in [5, 5.41) is 4.82. The van der Waals surface area contributed by atoms with Crippen molar-refractivity contribution in [1.29, 1.82) is 0 Å². The highest BCUT2D eigenvalue weighted by Crippen LogP contribution is 2.37. The largest absolute Gasteiger partial charge is 0.363 e. The Bertz CT molecular complexity index is 627. The first-order valence-electron chi connectivity index (χ1n) is 7.73. The van der Waals surface area contributed by atoms with E-state index in [4.69, 9.17) is 11.6 Å². The van der Waals surface area contributed by atoms with Crippen LogP contribution in [0.4, 0.5) is 5.82 Å². The number of rotatable bonds is 4. The van der Waals surface area contributed by atoms with E-state index in [0.717, 1.165) is 41.2 Å². The third-order valence-corrected chi connectivity index (χ3v) is 6.16. The quantitative estimate of drug-likeness (QED) is 0.817. The summed E-state index contributed by atoms with van der Waals surface area (Å²) < 4.78 is 0. The lowest BCUT2D eigenvalue weighted by molar-refractivity contribution is 0.279. The lowest BCUT2D eigenvalue weighted by atomic mass is 9.77. The molecule has 0 radical (unpaired) electrons. The summed E-state index contributed by atoms with van der Waals surface area (Å²) in [4.78, 5) is 11.3. The van der Waals surface area contributed by atoms with Crippen molar-refractivity contribution in [3.63, 3.8) is 0 Å². The van der Waals surface area contributed by atoms with E-state index in [0.29, 0.717) is 5.88 Å². The Morgan fingerprint density at radius 1 is 1.48 bits per heavy atom. The van der Waals surface area contributed by atoms with E-state index in [-0.39, 0.29) is 5.54 Å². The minimum atomic E-state index is -0.0190. The molecule has 2 aromatic rings. The molecule has 0 saturated heterocycles. The molecule has 2 heterocycles. The molecule has 0 aliphatic heterocycles. The first-order valence-corrected chi connectivity index (χ1v) is 9.08. The predicted molar refractivity (Wildman–Crippen MR) is 91.5 cm³/mol. The van der Waals surface area contributed by atoms with Gasteiger partial charge in [-0.2, -0.15) is 0 Å². The second-order valence-corrected chi connectivity index (χ2v) is 7.63. The number of hydrogen-bond donors (Lipinski definition) is 1. The van der Waals surface area contributed by atoms with Crippen LogP contribution >= 0.6 is 22.9 Å². The van der Waals surface area contributed by atoms with Gasteiger partial charge in [0.25, 0.3) is 0 Å². The zero-order chi connectivity index (χ0) is 14.9. The number of hydrogen-bond acceptors (Lipinski definition) is 4. The van der Waals surface area contributed by atoms with E-state index in [9.17, 15) is 0 Å². The Morgan fingerprint density at radius 2 is 2.33 bits per heavy atom. The van der Waals surface area contributed by atoms with Crippen LogP contribution in [-0.2, 0) is 6.42 Å². The number of fused-ring (bicyclic) bond motifs is 1. The minimum absolute atomic E-state index is 0.0190. The van der Waals surface area contributed by atoms with Crippen molar-refractivity contribution in [3.8, 4) is 0 Å². The van der Waals surface area contributed by atoms with Gasteiger partial charge in [0.1, 0.15) is 17.0 Å². The van der Waals surface area contributed by atoms with Crippen LogP contribution in [0.25, 0.3) is 10.2 Å². The van der Waals surface area contributed by atoms with E-state index in [1.54, 1.807) is 17.7 Å². The maximum atomic E-state index is 6.33. The van der Waals surface area contributed by atoms with Crippen molar-refractivity contribution in [3.05, 3.63) is 17.3 Å². The van der Waals surface area contributed by atoms with Crippen LogP contribution in [0.5, 0.6) is 0 Å². The molecule has 1 N–H and O–H groups in total. The van der Waals surface area contributed by atoms with Crippen molar-refractivity contribution in [2.24, 2.45) is 5.92 Å². The summed E-state index contributed by atoms with van der Waals surface area (Å²) in [6.07, 6.45) is 7.48. The molecule has 3 rings (SSSR count). The highest BCUT2D eigenvalue weighted by atomic mass is 35.5. The van der Waals surface area contributed by atoms with Crippen LogP contribution < -0.4 is 5.32 Å². The lowest BCUT2D eigenvalue weighted by Gasteiger charge is -2.39. The van der Waals surface area contributed by atoms with Crippen molar-refractivity contribution >= 4 is 39.0 Å². The lowest BCUT2D eigenvalue weighted by Crippen LogP contribution is -2.44. The van der Waals surface area contributed by atoms with Gasteiger partial charge in [-0.05, 0) is 31.2 Å². The number of aryl methyl sites for hydroxylation is 1. The summed E-state index contributed by atoms with van der Waals surface area (Å²) in [6, 6.07) is 2.22. The first-order chi connectivity index (χ1) is 10.2. The Hall–Kier alpha value is -0.870. The van der Waals surface area contributed by atoms with Crippen LogP contribution in [0.1, 0.15) is 44.4 Å². The van der Waals surface area contributed by atoms with E-state index >= 15 is 0 Å². The molecule has 114 valence electrons. The fourth-order valence-corrected chi connectivity index (χ4v) is 4.60. The third-order valence-electron chi connectivity index (χ3n) is 4.46. The second kappa shape index (κ2) is 6.09. The fourth-order valence-electron chi connectivity index (χ4n) is 3.36. The van der Waals surface area contributed by atoms with Crippen LogP contribution in [-0.4, -0.2) is 21.4 Å². The van der Waals surface area contributed by atoms with E-state index in [1.807, 2.05) is 0 Å². The number of halogens is 1. The van der Waals surface area contributed by atoms with Gasteiger partial charge in [-0.25, -0.2) is 9.97 Å². The smallest absolute Gasteiger partial charge is 0.138 e. The molecule has 0 spiro atoms. The fraction of sp³-hybridized carbons (Fsp3) is 0.625. The van der Waals surface area contributed by atoms with Crippen molar-refractivity contribution in [1.82, 2.24) is 9.97 Å². The number of alkyl halides is 1. The Labute approximate surface area is 135 Å². The zero-order valence-corrected chi connectivity index (χ0v) is 14.2.